The van der Waals surface area contributed by atoms with Crippen molar-refractivity contribution in [3.05, 3.63) is 52.4 Å². The van der Waals surface area contributed by atoms with E-state index in [9.17, 15) is 13.2 Å². The smallest absolute Gasteiger partial charge is 0.252 e. The minimum atomic E-state index is -3.72. The number of nitrogens with zero attached hydrogens (tertiary/aromatic N) is 2. The summed E-state index contributed by atoms with van der Waals surface area (Å²) >= 11 is 6.81. The third-order valence-electron chi connectivity index (χ3n) is 4.84. The number of benzene rings is 1. The van der Waals surface area contributed by atoms with E-state index in [0.717, 1.165) is 47.1 Å². The van der Waals surface area contributed by atoms with E-state index in [2.05, 4.69) is 22.3 Å². The lowest BCUT2D eigenvalue weighted by molar-refractivity contribution is -0.121. The Kier molecular flexibility index (Phi) is 7.11. The minimum absolute atomic E-state index is 0.0886. The highest BCUT2D eigenvalue weighted by atomic mass is 35.5. The van der Waals surface area contributed by atoms with Crippen LogP contribution in [0.25, 0.3) is 0 Å². The van der Waals surface area contributed by atoms with Gasteiger partial charge in [-0.3, -0.25) is 9.69 Å². The van der Waals surface area contributed by atoms with Crippen molar-refractivity contribution in [3.63, 3.8) is 0 Å². The summed E-state index contributed by atoms with van der Waals surface area (Å²) in [5.41, 5.74) is 1.15. The number of nitrogens with one attached hydrogen (secondary N) is 1. The average Bonchev–Trinajstić information content (AvgIpc) is 3.35. The van der Waals surface area contributed by atoms with E-state index in [4.69, 9.17) is 11.6 Å². The van der Waals surface area contributed by atoms with E-state index in [1.165, 1.54) is 19.2 Å². The molecule has 0 aliphatic carbocycles. The molecular formula is C19H24ClN3O3S2. The molecule has 1 saturated heterocycles. The highest BCUT2D eigenvalue weighted by Crippen LogP contribution is 2.27. The van der Waals surface area contributed by atoms with Gasteiger partial charge in [-0.2, -0.15) is 4.31 Å². The van der Waals surface area contributed by atoms with Crippen molar-refractivity contribution in [1.29, 1.82) is 0 Å². The number of likely N-dealkylation sites (tertiary alicyclic amines) is 1. The molecule has 1 unspecified atom stereocenters. The van der Waals surface area contributed by atoms with Crippen LogP contribution in [0.2, 0.25) is 4.34 Å². The fourth-order valence-electron chi connectivity index (χ4n) is 3.33. The van der Waals surface area contributed by atoms with E-state index in [1.54, 1.807) is 0 Å². The van der Waals surface area contributed by atoms with E-state index < -0.39 is 10.0 Å². The number of carbonyl (C=O) groups excluding carboxylic acids is 1. The predicted molar refractivity (Wildman–Crippen MR) is 112 cm³/mol. The van der Waals surface area contributed by atoms with E-state index >= 15 is 0 Å². The minimum Gasteiger partial charge on any atom is -0.353 e. The molecule has 2 aromatic rings. The quantitative estimate of drug-likeness (QED) is 0.683. The first-order valence-corrected chi connectivity index (χ1v) is 11.8. The number of likely N-dealkylation sites (N-methyl/N-ethyl adjacent to an activating group) is 1. The van der Waals surface area contributed by atoms with Crippen molar-refractivity contribution in [2.45, 2.75) is 23.1 Å². The molecule has 28 heavy (non-hydrogen) atoms. The van der Waals surface area contributed by atoms with Crippen LogP contribution in [-0.4, -0.2) is 56.8 Å². The van der Waals surface area contributed by atoms with Gasteiger partial charge in [-0.15, -0.1) is 11.3 Å². The lowest BCUT2D eigenvalue weighted by Gasteiger charge is -2.28. The van der Waals surface area contributed by atoms with Gasteiger partial charge in [-0.1, -0.05) is 41.9 Å². The lowest BCUT2D eigenvalue weighted by atomic mass is 10.1. The van der Waals surface area contributed by atoms with Crippen LogP contribution in [0.1, 0.15) is 24.4 Å². The monoisotopic (exact) mass is 441 g/mol. The average molecular weight is 442 g/mol. The van der Waals surface area contributed by atoms with Crippen molar-refractivity contribution >= 4 is 38.9 Å². The summed E-state index contributed by atoms with van der Waals surface area (Å²) in [6.45, 7) is 2.21. The van der Waals surface area contributed by atoms with Gasteiger partial charge in [0, 0.05) is 13.6 Å². The first-order valence-electron chi connectivity index (χ1n) is 9.15. The Labute approximate surface area is 175 Å². The third kappa shape index (κ3) is 5.12. The Bertz CT molecular complexity index is 896. The molecule has 0 spiro atoms. The number of hydrogen-bond donors (Lipinski definition) is 1. The standard InChI is InChI=1S/C19H24ClN3O3S2/c1-22(28(25,26)19-10-9-17(20)27-19)14-18(24)21-13-16(23-11-5-6-12-23)15-7-3-2-4-8-15/h2-4,7-10,16H,5-6,11-14H2,1H3,(H,21,24). The van der Waals surface area contributed by atoms with Crippen LogP contribution < -0.4 is 5.32 Å². The molecule has 0 saturated carbocycles. The topological polar surface area (TPSA) is 69.7 Å². The number of rotatable bonds is 8. The van der Waals surface area contributed by atoms with Gasteiger partial charge in [0.1, 0.15) is 4.21 Å². The third-order valence-corrected chi connectivity index (χ3v) is 8.34. The fraction of sp³-hybridized carbons (Fsp3) is 0.421. The Morgan fingerprint density at radius 1 is 1.21 bits per heavy atom. The Morgan fingerprint density at radius 2 is 1.89 bits per heavy atom. The molecule has 1 amide bonds. The highest BCUT2D eigenvalue weighted by molar-refractivity contribution is 7.91. The van der Waals surface area contributed by atoms with Gasteiger partial charge in [-0.25, -0.2) is 8.42 Å². The molecule has 1 aromatic heterocycles. The molecule has 152 valence electrons. The predicted octanol–water partition coefficient (Wildman–Crippen LogP) is 2.98. The van der Waals surface area contributed by atoms with Gasteiger partial charge >= 0.3 is 0 Å². The van der Waals surface area contributed by atoms with Crippen molar-refractivity contribution in [3.8, 4) is 0 Å². The van der Waals surface area contributed by atoms with Crippen LogP contribution in [0.5, 0.6) is 0 Å². The number of hydrogen-bond acceptors (Lipinski definition) is 5. The summed E-state index contributed by atoms with van der Waals surface area (Å²) in [4.78, 5) is 14.8. The molecule has 1 atom stereocenters. The molecule has 3 rings (SSSR count). The number of thiophene rings is 1. The van der Waals surface area contributed by atoms with Gasteiger partial charge in [0.2, 0.25) is 5.91 Å². The van der Waals surface area contributed by atoms with E-state index in [-0.39, 0.29) is 22.7 Å². The maximum absolute atomic E-state index is 12.5. The maximum atomic E-state index is 12.5. The zero-order valence-electron chi connectivity index (χ0n) is 15.7. The molecule has 0 bridgehead atoms. The van der Waals surface area contributed by atoms with Crippen LogP contribution in [-0.2, 0) is 14.8 Å². The van der Waals surface area contributed by atoms with Crippen molar-refractivity contribution in [2.75, 3.05) is 33.2 Å². The summed E-state index contributed by atoms with van der Waals surface area (Å²) in [6.07, 6.45) is 2.31. The summed E-state index contributed by atoms with van der Waals surface area (Å²) in [5, 5.41) is 2.91. The van der Waals surface area contributed by atoms with Gasteiger partial charge in [0.15, 0.2) is 0 Å². The Morgan fingerprint density at radius 3 is 2.50 bits per heavy atom. The first kappa shape index (κ1) is 21.3. The van der Waals surface area contributed by atoms with E-state index in [1.807, 2.05) is 18.2 Å². The van der Waals surface area contributed by atoms with Crippen LogP contribution in [0, 0.1) is 0 Å². The molecule has 6 nitrogen and oxygen atoms in total. The SMILES string of the molecule is CN(CC(=O)NCC(c1ccccc1)N1CCCC1)S(=O)(=O)c1ccc(Cl)s1. The van der Waals surface area contributed by atoms with Crippen molar-refractivity contribution in [2.24, 2.45) is 0 Å². The van der Waals surface area contributed by atoms with Gasteiger partial charge < -0.3 is 5.32 Å². The maximum Gasteiger partial charge on any atom is 0.252 e. The molecular weight excluding hydrogens is 418 g/mol. The summed E-state index contributed by atoms with van der Waals surface area (Å²) in [5.74, 6) is -0.325. The van der Waals surface area contributed by atoms with Gasteiger partial charge in [0.25, 0.3) is 10.0 Å². The second-order valence-corrected chi connectivity index (χ2v) is 10.8. The fourth-order valence-corrected chi connectivity index (χ4v) is 6.15. The van der Waals surface area contributed by atoms with Gasteiger partial charge in [-0.05, 0) is 43.6 Å². The Hall–Kier alpha value is -1.45. The zero-order valence-corrected chi connectivity index (χ0v) is 18.1. The number of halogens is 1. The largest absolute Gasteiger partial charge is 0.353 e. The van der Waals surface area contributed by atoms with Crippen LogP contribution in [0.15, 0.2) is 46.7 Å². The molecule has 1 fully saturated rings. The first-order chi connectivity index (χ1) is 13.4. The van der Waals surface area contributed by atoms with Crippen LogP contribution in [0.3, 0.4) is 0 Å². The van der Waals surface area contributed by atoms with Gasteiger partial charge in [0.05, 0.1) is 16.9 Å². The second-order valence-electron chi connectivity index (χ2n) is 6.79. The highest BCUT2D eigenvalue weighted by Gasteiger charge is 2.27. The molecule has 1 aliphatic rings. The van der Waals surface area contributed by atoms with Crippen LogP contribution >= 0.6 is 22.9 Å². The normalized spacial score (nSPS) is 16.4. The molecule has 9 heteroatoms. The van der Waals surface area contributed by atoms with Crippen molar-refractivity contribution < 1.29 is 13.2 Å². The molecule has 1 aliphatic heterocycles. The Balaban J connectivity index is 1.61. The van der Waals surface area contributed by atoms with E-state index in [0.29, 0.717) is 10.9 Å². The molecule has 1 aromatic carbocycles. The second kappa shape index (κ2) is 9.37. The summed E-state index contributed by atoms with van der Waals surface area (Å²) in [7, 11) is -2.32. The molecule has 2 heterocycles. The summed E-state index contributed by atoms with van der Waals surface area (Å²) < 4.78 is 26.7. The molecule has 1 N–H and O–H groups in total. The zero-order chi connectivity index (χ0) is 20.1. The summed E-state index contributed by atoms with van der Waals surface area (Å²) in [6, 6.07) is 13.2. The lowest BCUT2D eigenvalue weighted by Crippen LogP contribution is -2.42. The number of amides is 1. The van der Waals surface area contributed by atoms with Crippen LogP contribution in [0.4, 0.5) is 0 Å². The van der Waals surface area contributed by atoms with Crippen molar-refractivity contribution in [1.82, 2.24) is 14.5 Å². The number of sulfonamides is 1. The molecule has 0 radical (unpaired) electrons. The number of carbonyl (C=O) groups is 1.